The van der Waals surface area contributed by atoms with Crippen LogP contribution in [0.4, 0.5) is 0 Å². The number of hydrogen-bond acceptors (Lipinski definition) is 6. The summed E-state index contributed by atoms with van der Waals surface area (Å²) in [5, 5.41) is 36.4. The van der Waals surface area contributed by atoms with Gasteiger partial charge in [-0.3, -0.25) is 9.59 Å². The molecule has 0 fully saturated rings. The van der Waals surface area contributed by atoms with E-state index in [0.29, 0.717) is 6.54 Å². The Morgan fingerprint density at radius 1 is 1.19 bits per heavy atom. The van der Waals surface area contributed by atoms with E-state index >= 15 is 0 Å². The van der Waals surface area contributed by atoms with Crippen LogP contribution in [-0.4, -0.2) is 63.7 Å². The summed E-state index contributed by atoms with van der Waals surface area (Å²) < 4.78 is 0. The topological polar surface area (TPSA) is 153 Å². The third kappa shape index (κ3) is 18.0. The fourth-order valence-corrected chi connectivity index (χ4v) is 0.967. The minimum absolute atomic E-state index is 0. The smallest absolute Gasteiger partial charge is 0.323 e. The summed E-state index contributed by atoms with van der Waals surface area (Å²) in [5.41, 5.74) is 4.91. The molecule has 21 heavy (non-hydrogen) atoms. The standard InChI is InChI=1S/C7H15NO3.C4H9NO3.2Zn/c1-2-4-8-6(3-5-9)7(10)11;1-2(6)3(5)4(7)8;;/h6,8-9H,2-5H2,1H3,(H,10,11);2-3,6H,5H2,1H3,(H,7,8);;. The molecule has 0 aromatic rings. The van der Waals surface area contributed by atoms with Gasteiger partial charge in [-0.05, 0) is 26.3 Å². The molecule has 7 N–H and O–H groups in total. The average molecular weight is 411 g/mol. The third-order valence-corrected chi connectivity index (χ3v) is 2.16. The Kier molecular flexibility index (Phi) is 25.0. The van der Waals surface area contributed by atoms with Gasteiger partial charge in [0.05, 0.1) is 6.10 Å². The van der Waals surface area contributed by atoms with Gasteiger partial charge in [-0.25, -0.2) is 0 Å². The first-order valence-corrected chi connectivity index (χ1v) is 6.01. The Balaban J connectivity index is -0.000000131. The SMILES string of the molecule is CC(O)C(N)C(=O)O.CCCNC(CCO)C(=O)O.[Zn].[Zn]. The molecule has 0 amide bonds. The van der Waals surface area contributed by atoms with Crippen molar-refractivity contribution in [1.29, 1.82) is 0 Å². The number of carbonyl (C=O) groups is 2. The minimum Gasteiger partial charge on any atom is -0.480 e. The summed E-state index contributed by atoms with van der Waals surface area (Å²) in [6.45, 7) is 3.88. The second-order valence-electron chi connectivity index (χ2n) is 3.96. The number of carboxylic acids is 2. The molecule has 8 nitrogen and oxygen atoms in total. The monoisotopic (exact) mass is 408 g/mol. The van der Waals surface area contributed by atoms with Gasteiger partial charge in [-0.2, -0.15) is 0 Å². The van der Waals surface area contributed by atoms with E-state index in [1.807, 2.05) is 6.92 Å². The van der Waals surface area contributed by atoms with Crippen LogP contribution < -0.4 is 11.1 Å². The van der Waals surface area contributed by atoms with Gasteiger partial charge in [0.25, 0.3) is 0 Å². The molecule has 0 saturated heterocycles. The van der Waals surface area contributed by atoms with E-state index in [9.17, 15) is 9.59 Å². The van der Waals surface area contributed by atoms with Crippen molar-refractivity contribution in [3.05, 3.63) is 0 Å². The van der Waals surface area contributed by atoms with Crippen molar-refractivity contribution in [2.45, 2.75) is 44.9 Å². The van der Waals surface area contributed by atoms with Crippen LogP contribution in [0.1, 0.15) is 26.7 Å². The summed E-state index contributed by atoms with van der Waals surface area (Å²) in [7, 11) is 0. The summed E-state index contributed by atoms with van der Waals surface area (Å²) in [5.74, 6) is -2.08. The molecule has 0 bridgehead atoms. The fraction of sp³-hybridized carbons (Fsp3) is 0.818. The number of aliphatic hydroxyl groups excluding tert-OH is 2. The number of aliphatic hydroxyl groups is 2. The first-order chi connectivity index (χ1) is 8.77. The van der Waals surface area contributed by atoms with E-state index in [4.69, 9.17) is 26.2 Å². The maximum absolute atomic E-state index is 10.4. The molecule has 3 atom stereocenters. The predicted octanol–water partition coefficient (Wildman–Crippen LogP) is -1.40. The molecule has 3 unspecified atom stereocenters. The van der Waals surface area contributed by atoms with Crippen molar-refractivity contribution < 1.29 is 69.0 Å². The molecule has 0 aromatic carbocycles. The number of rotatable bonds is 8. The van der Waals surface area contributed by atoms with E-state index < -0.39 is 30.1 Å². The van der Waals surface area contributed by atoms with Crippen molar-refractivity contribution in [1.82, 2.24) is 5.32 Å². The molecule has 0 radical (unpaired) electrons. The normalized spacial score (nSPS) is 13.4. The Labute approximate surface area is 150 Å². The molecule has 0 aliphatic rings. The summed E-state index contributed by atoms with van der Waals surface area (Å²) in [4.78, 5) is 20.3. The predicted molar refractivity (Wildman–Crippen MR) is 68.7 cm³/mol. The van der Waals surface area contributed by atoms with Crippen LogP contribution in [0.5, 0.6) is 0 Å². The van der Waals surface area contributed by atoms with Crippen LogP contribution in [0.25, 0.3) is 0 Å². The molecule has 0 rings (SSSR count). The largest absolute Gasteiger partial charge is 0.480 e. The molecule has 0 heterocycles. The minimum atomic E-state index is -1.18. The van der Waals surface area contributed by atoms with Crippen LogP contribution in [0.2, 0.25) is 0 Å². The molecular weight excluding hydrogens is 387 g/mol. The molecule has 0 saturated carbocycles. The maximum atomic E-state index is 10.4. The first-order valence-electron chi connectivity index (χ1n) is 6.01. The van der Waals surface area contributed by atoms with E-state index in [2.05, 4.69) is 5.32 Å². The van der Waals surface area contributed by atoms with Crippen LogP contribution in [0.15, 0.2) is 0 Å². The fourth-order valence-electron chi connectivity index (χ4n) is 0.967. The van der Waals surface area contributed by atoms with Crippen molar-refractivity contribution >= 4 is 11.9 Å². The number of nitrogens with two attached hydrogens (primary N) is 1. The average Bonchev–Trinajstić information content (AvgIpc) is 2.33. The molecule has 0 aromatic heterocycles. The van der Waals surface area contributed by atoms with Crippen molar-refractivity contribution in [2.24, 2.45) is 5.73 Å². The van der Waals surface area contributed by atoms with Gasteiger partial charge < -0.3 is 31.5 Å². The molecule has 10 heteroatoms. The Morgan fingerprint density at radius 2 is 1.67 bits per heavy atom. The molecular formula is C11H24N2O6Zn2. The van der Waals surface area contributed by atoms with Gasteiger partial charge in [-0.1, -0.05) is 6.92 Å². The number of carboxylic acid groups (broad SMARTS) is 2. The molecule has 0 aliphatic heterocycles. The van der Waals surface area contributed by atoms with E-state index in [0.717, 1.165) is 6.42 Å². The van der Waals surface area contributed by atoms with E-state index in [1.165, 1.54) is 6.92 Å². The zero-order chi connectivity index (χ0) is 15.4. The van der Waals surface area contributed by atoms with Gasteiger partial charge in [0.2, 0.25) is 0 Å². The van der Waals surface area contributed by atoms with Crippen LogP contribution >= 0.6 is 0 Å². The maximum Gasteiger partial charge on any atom is 0.323 e. The number of aliphatic carboxylic acids is 2. The van der Waals surface area contributed by atoms with Gasteiger partial charge >= 0.3 is 11.9 Å². The van der Waals surface area contributed by atoms with Crippen LogP contribution in [-0.2, 0) is 48.5 Å². The second kappa shape index (κ2) is 18.1. The van der Waals surface area contributed by atoms with Crippen LogP contribution in [0.3, 0.4) is 0 Å². The molecule has 118 valence electrons. The summed E-state index contributed by atoms with van der Waals surface area (Å²) in [6.07, 6.45) is 0.192. The van der Waals surface area contributed by atoms with Crippen molar-refractivity contribution in [3.8, 4) is 0 Å². The Hall–Kier alpha value is 0.0268. The van der Waals surface area contributed by atoms with E-state index in [-0.39, 0.29) is 52.0 Å². The second-order valence-corrected chi connectivity index (χ2v) is 3.96. The molecule has 0 spiro atoms. The first kappa shape index (κ1) is 29.1. The third-order valence-electron chi connectivity index (χ3n) is 2.16. The van der Waals surface area contributed by atoms with Gasteiger partial charge in [0, 0.05) is 45.6 Å². The van der Waals surface area contributed by atoms with Gasteiger partial charge in [0.1, 0.15) is 12.1 Å². The molecule has 0 aliphatic carbocycles. The van der Waals surface area contributed by atoms with Gasteiger partial charge in [-0.15, -0.1) is 0 Å². The zero-order valence-electron chi connectivity index (χ0n) is 12.7. The van der Waals surface area contributed by atoms with E-state index in [1.54, 1.807) is 0 Å². The number of nitrogens with one attached hydrogen (secondary N) is 1. The number of hydrogen-bond donors (Lipinski definition) is 6. The zero-order valence-corrected chi connectivity index (χ0v) is 18.6. The van der Waals surface area contributed by atoms with Crippen molar-refractivity contribution in [2.75, 3.05) is 13.2 Å². The quantitative estimate of drug-likeness (QED) is 0.267. The Bertz CT molecular complexity index is 269. The van der Waals surface area contributed by atoms with Gasteiger partial charge in [0.15, 0.2) is 0 Å². The summed E-state index contributed by atoms with van der Waals surface area (Å²) >= 11 is 0. The summed E-state index contributed by atoms with van der Waals surface area (Å²) in [6, 6.07) is -1.75. The van der Waals surface area contributed by atoms with Crippen LogP contribution in [0, 0.1) is 0 Å². The Morgan fingerprint density at radius 3 is 1.86 bits per heavy atom. The van der Waals surface area contributed by atoms with Crippen molar-refractivity contribution in [3.63, 3.8) is 0 Å².